The van der Waals surface area contributed by atoms with Crippen LogP contribution >= 0.6 is 0 Å². The van der Waals surface area contributed by atoms with Gasteiger partial charge in [0.25, 0.3) is 5.91 Å². The molecule has 3 N–H and O–H groups in total. The lowest BCUT2D eigenvalue weighted by molar-refractivity contribution is -0.139. The molecule has 2 rings (SSSR count). The second kappa shape index (κ2) is 5.81. The molecule has 0 aliphatic rings. The molecular weight excluding hydrogens is 246 g/mol. The van der Waals surface area contributed by atoms with Gasteiger partial charge in [0.15, 0.2) is 0 Å². The van der Waals surface area contributed by atoms with Crippen LogP contribution in [0.4, 0.5) is 0 Å². The molecular formula is C13H13N3O3. The lowest BCUT2D eigenvalue weighted by Crippen LogP contribution is -2.42. The third-order valence-corrected chi connectivity index (χ3v) is 2.63. The number of rotatable bonds is 5. The summed E-state index contributed by atoms with van der Waals surface area (Å²) in [6.07, 6.45) is 2.94. The van der Waals surface area contributed by atoms with Crippen LogP contribution < -0.4 is 5.32 Å². The molecule has 1 amide bonds. The molecule has 1 heterocycles. The van der Waals surface area contributed by atoms with E-state index in [0.717, 1.165) is 5.56 Å². The van der Waals surface area contributed by atoms with E-state index in [1.54, 1.807) is 0 Å². The lowest BCUT2D eigenvalue weighted by atomic mass is 10.1. The van der Waals surface area contributed by atoms with Gasteiger partial charge in [0, 0.05) is 6.42 Å². The third kappa shape index (κ3) is 3.41. The van der Waals surface area contributed by atoms with Crippen molar-refractivity contribution in [1.29, 1.82) is 0 Å². The fraction of sp³-hybridized carbons (Fsp3) is 0.154. The number of aromatic amines is 1. The summed E-state index contributed by atoms with van der Waals surface area (Å²) in [4.78, 5) is 29.3. The molecule has 0 unspecified atom stereocenters. The summed E-state index contributed by atoms with van der Waals surface area (Å²) in [5, 5.41) is 11.6. The summed E-state index contributed by atoms with van der Waals surface area (Å²) >= 11 is 0. The van der Waals surface area contributed by atoms with Crippen molar-refractivity contribution in [1.82, 2.24) is 15.3 Å². The molecule has 19 heavy (non-hydrogen) atoms. The second-order valence-electron chi connectivity index (χ2n) is 4.02. The minimum Gasteiger partial charge on any atom is -0.480 e. The molecule has 0 aliphatic carbocycles. The van der Waals surface area contributed by atoms with Crippen molar-refractivity contribution in [2.75, 3.05) is 0 Å². The maximum Gasteiger partial charge on any atom is 0.326 e. The lowest BCUT2D eigenvalue weighted by Gasteiger charge is -2.13. The highest BCUT2D eigenvalue weighted by Gasteiger charge is 2.21. The maximum atomic E-state index is 11.8. The molecule has 2 aromatic rings. The smallest absolute Gasteiger partial charge is 0.326 e. The summed E-state index contributed by atoms with van der Waals surface area (Å²) in [6.45, 7) is 0. The summed E-state index contributed by atoms with van der Waals surface area (Å²) in [7, 11) is 0. The molecule has 1 atom stereocenters. The molecule has 6 nitrogen and oxygen atoms in total. The van der Waals surface area contributed by atoms with Gasteiger partial charge in [-0.1, -0.05) is 30.3 Å². The van der Waals surface area contributed by atoms with Crippen LogP contribution in [-0.2, 0) is 11.2 Å². The Bertz CT molecular complexity index is 552. The van der Waals surface area contributed by atoms with Gasteiger partial charge in [-0.2, -0.15) is 0 Å². The van der Waals surface area contributed by atoms with Gasteiger partial charge in [0.2, 0.25) is 0 Å². The van der Waals surface area contributed by atoms with Gasteiger partial charge in [-0.05, 0) is 5.56 Å². The SMILES string of the molecule is O=C(N[C@H](Cc1ccccc1)C(=O)O)c1cnc[nH]1. The number of H-pyrrole nitrogens is 1. The first-order chi connectivity index (χ1) is 9.16. The highest BCUT2D eigenvalue weighted by Crippen LogP contribution is 2.04. The summed E-state index contributed by atoms with van der Waals surface area (Å²) in [5.41, 5.74) is 1.08. The Morgan fingerprint density at radius 2 is 2.05 bits per heavy atom. The van der Waals surface area contributed by atoms with Gasteiger partial charge in [0.05, 0.1) is 12.5 Å². The Labute approximate surface area is 109 Å². The monoisotopic (exact) mass is 259 g/mol. The number of carboxylic acid groups (broad SMARTS) is 1. The van der Waals surface area contributed by atoms with Gasteiger partial charge in [-0.3, -0.25) is 4.79 Å². The molecule has 0 saturated carbocycles. The Balaban J connectivity index is 2.05. The van der Waals surface area contributed by atoms with Crippen molar-refractivity contribution in [2.45, 2.75) is 12.5 Å². The number of aromatic nitrogens is 2. The number of carbonyl (C=O) groups is 2. The Hall–Kier alpha value is -2.63. The number of imidazole rings is 1. The minimum atomic E-state index is -1.07. The molecule has 6 heteroatoms. The van der Waals surface area contributed by atoms with E-state index in [1.165, 1.54) is 12.5 Å². The average molecular weight is 259 g/mol. The van der Waals surface area contributed by atoms with E-state index in [1.807, 2.05) is 30.3 Å². The van der Waals surface area contributed by atoms with Crippen molar-refractivity contribution < 1.29 is 14.7 Å². The fourth-order valence-corrected chi connectivity index (χ4v) is 1.67. The first-order valence-corrected chi connectivity index (χ1v) is 5.73. The molecule has 0 bridgehead atoms. The fourth-order valence-electron chi connectivity index (χ4n) is 1.67. The molecule has 0 aliphatic heterocycles. The quantitative estimate of drug-likeness (QED) is 0.741. The first-order valence-electron chi connectivity index (χ1n) is 5.73. The molecule has 0 saturated heterocycles. The van der Waals surface area contributed by atoms with Gasteiger partial charge in [0.1, 0.15) is 11.7 Å². The standard InChI is InChI=1S/C13H13N3O3/c17-12(11-7-14-8-15-11)16-10(13(18)19)6-9-4-2-1-3-5-9/h1-5,7-8,10H,6H2,(H,14,15)(H,16,17)(H,18,19)/t10-/m1/s1. The number of aliphatic carboxylic acids is 1. The molecule has 1 aromatic carbocycles. The van der Waals surface area contributed by atoms with Crippen molar-refractivity contribution in [3.05, 3.63) is 54.1 Å². The highest BCUT2D eigenvalue weighted by molar-refractivity contribution is 5.94. The van der Waals surface area contributed by atoms with Crippen molar-refractivity contribution >= 4 is 11.9 Å². The summed E-state index contributed by atoms with van der Waals surface area (Å²) < 4.78 is 0. The van der Waals surface area contributed by atoms with E-state index in [9.17, 15) is 9.59 Å². The van der Waals surface area contributed by atoms with E-state index in [4.69, 9.17) is 5.11 Å². The van der Waals surface area contributed by atoms with Crippen molar-refractivity contribution in [3.8, 4) is 0 Å². The third-order valence-electron chi connectivity index (χ3n) is 2.63. The Morgan fingerprint density at radius 3 is 2.63 bits per heavy atom. The summed E-state index contributed by atoms with van der Waals surface area (Å²) in [5.74, 6) is -1.56. The number of benzene rings is 1. The number of carbonyl (C=O) groups excluding carboxylic acids is 1. The van der Waals surface area contributed by atoms with Gasteiger partial charge >= 0.3 is 5.97 Å². The average Bonchev–Trinajstić information content (AvgIpc) is 2.93. The number of hydrogen-bond acceptors (Lipinski definition) is 3. The first kappa shape index (κ1) is 12.8. The number of nitrogens with one attached hydrogen (secondary N) is 2. The number of carboxylic acids is 1. The van der Waals surface area contributed by atoms with Crippen LogP contribution in [0.5, 0.6) is 0 Å². The van der Waals surface area contributed by atoms with Crippen molar-refractivity contribution in [3.63, 3.8) is 0 Å². The second-order valence-corrected chi connectivity index (χ2v) is 4.02. The molecule has 1 aromatic heterocycles. The Morgan fingerprint density at radius 1 is 1.32 bits per heavy atom. The van der Waals surface area contributed by atoms with E-state index in [0.29, 0.717) is 0 Å². The molecule has 98 valence electrons. The molecule has 0 fully saturated rings. The highest BCUT2D eigenvalue weighted by atomic mass is 16.4. The normalized spacial score (nSPS) is 11.8. The number of nitrogens with zero attached hydrogens (tertiary/aromatic N) is 1. The van der Waals surface area contributed by atoms with E-state index in [-0.39, 0.29) is 12.1 Å². The van der Waals surface area contributed by atoms with Gasteiger partial charge < -0.3 is 15.4 Å². The predicted molar refractivity (Wildman–Crippen MR) is 67.6 cm³/mol. The van der Waals surface area contributed by atoms with Crippen LogP contribution in [0.15, 0.2) is 42.9 Å². The zero-order valence-corrected chi connectivity index (χ0v) is 10.0. The van der Waals surface area contributed by atoms with Crippen LogP contribution in [0.25, 0.3) is 0 Å². The maximum absolute atomic E-state index is 11.8. The van der Waals surface area contributed by atoms with Crippen LogP contribution in [0, 0.1) is 0 Å². The molecule has 0 radical (unpaired) electrons. The van der Waals surface area contributed by atoms with Crippen molar-refractivity contribution in [2.24, 2.45) is 0 Å². The zero-order valence-electron chi connectivity index (χ0n) is 10.0. The van der Waals surface area contributed by atoms with E-state index >= 15 is 0 Å². The predicted octanol–water partition coefficient (Wildman–Crippen LogP) is 0.835. The van der Waals surface area contributed by atoms with E-state index < -0.39 is 17.9 Å². The van der Waals surface area contributed by atoms with E-state index in [2.05, 4.69) is 15.3 Å². The topological polar surface area (TPSA) is 95.1 Å². The zero-order chi connectivity index (χ0) is 13.7. The van der Waals surface area contributed by atoms with Crippen LogP contribution in [0.1, 0.15) is 16.1 Å². The van der Waals surface area contributed by atoms with Crippen LogP contribution in [0.2, 0.25) is 0 Å². The number of hydrogen-bond donors (Lipinski definition) is 3. The summed E-state index contributed by atoms with van der Waals surface area (Å²) in [6, 6.07) is 8.16. The Kier molecular flexibility index (Phi) is 3.92. The van der Waals surface area contributed by atoms with Crippen LogP contribution in [0.3, 0.4) is 0 Å². The molecule has 0 spiro atoms. The largest absolute Gasteiger partial charge is 0.480 e. The number of amides is 1. The van der Waals surface area contributed by atoms with Gasteiger partial charge in [-0.15, -0.1) is 0 Å². The van der Waals surface area contributed by atoms with Crippen LogP contribution in [-0.4, -0.2) is 33.0 Å². The van der Waals surface area contributed by atoms with Gasteiger partial charge in [-0.25, -0.2) is 9.78 Å². The minimum absolute atomic E-state index is 0.232.